The van der Waals surface area contributed by atoms with Crippen LogP contribution in [-0.2, 0) is 27.4 Å². The van der Waals surface area contributed by atoms with Gasteiger partial charge in [-0.3, -0.25) is 0 Å². The molecule has 2 aromatic rings. The Bertz CT molecular complexity index is 858. The minimum absolute atomic E-state index is 0.134. The first kappa shape index (κ1) is 17.7. The van der Waals surface area contributed by atoms with E-state index in [0.717, 1.165) is 59.7 Å². The van der Waals surface area contributed by atoms with Crippen molar-refractivity contribution in [3.8, 4) is 11.5 Å². The highest BCUT2D eigenvalue weighted by Crippen LogP contribution is 2.48. The SMILES string of the molecule is c1cc2c(cc1C(OC1CC3(CNC3)C1)c1ccc3c(c1)COCO3)COCO2. The first-order valence-corrected chi connectivity index (χ1v) is 10.3. The molecule has 0 atom stereocenters. The lowest BCUT2D eigenvalue weighted by Crippen LogP contribution is -2.62. The molecule has 6 nitrogen and oxygen atoms in total. The minimum Gasteiger partial charge on any atom is -0.467 e. The molecule has 2 aromatic carbocycles. The van der Waals surface area contributed by atoms with Crippen molar-refractivity contribution >= 4 is 0 Å². The van der Waals surface area contributed by atoms with Gasteiger partial charge in [-0.2, -0.15) is 0 Å². The number of nitrogens with one attached hydrogen (secondary N) is 1. The highest BCUT2D eigenvalue weighted by molar-refractivity contribution is 5.44. The molecule has 1 N–H and O–H groups in total. The Labute approximate surface area is 170 Å². The van der Waals surface area contributed by atoms with Crippen LogP contribution in [0.5, 0.6) is 11.5 Å². The van der Waals surface area contributed by atoms with E-state index in [9.17, 15) is 0 Å². The lowest BCUT2D eigenvalue weighted by Gasteiger charge is -2.54. The zero-order valence-electron chi connectivity index (χ0n) is 16.3. The van der Waals surface area contributed by atoms with Gasteiger partial charge in [-0.15, -0.1) is 0 Å². The first-order chi connectivity index (χ1) is 14.3. The first-order valence-electron chi connectivity index (χ1n) is 10.3. The average Bonchev–Trinajstić information content (AvgIpc) is 2.71. The van der Waals surface area contributed by atoms with Crippen LogP contribution in [0.1, 0.15) is 41.2 Å². The average molecular weight is 395 g/mol. The predicted octanol–water partition coefficient (Wildman–Crippen LogP) is 3.28. The fourth-order valence-electron chi connectivity index (χ4n) is 4.86. The fraction of sp³-hybridized carbons (Fsp3) is 0.478. The Morgan fingerprint density at radius 2 is 1.45 bits per heavy atom. The van der Waals surface area contributed by atoms with Gasteiger partial charge in [0.05, 0.1) is 19.3 Å². The highest BCUT2D eigenvalue weighted by Gasteiger charge is 2.49. The number of benzene rings is 2. The quantitative estimate of drug-likeness (QED) is 0.858. The molecule has 3 heterocycles. The lowest BCUT2D eigenvalue weighted by molar-refractivity contribution is -0.123. The van der Waals surface area contributed by atoms with E-state index < -0.39 is 0 Å². The van der Waals surface area contributed by atoms with Crippen molar-refractivity contribution in [2.45, 2.75) is 38.3 Å². The molecule has 0 radical (unpaired) electrons. The molecular weight excluding hydrogens is 370 g/mol. The summed E-state index contributed by atoms with van der Waals surface area (Å²) in [5, 5.41) is 3.40. The normalized spacial score (nSPS) is 22.1. The van der Waals surface area contributed by atoms with Crippen LogP contribution in [-0.4, -0.2) is 32.8 Å². The number of rotatable bonds is 4. The third-order valence-corrected chi connectivity index (χ3v) is 6.54. The molecule has 1 saturated carbocycles. The van der Waals surface area contributed by atoms with E-state index in [-0.39, 0.29) is 12.2 Å². The molecule has 6 rings (SSSR count). The van der Waals surface area contributed by atoms with Gasteiger partial charge in [-0.25, -0.2) is 0 Å². The Hall–Kier alpha value is -2.12. The van der Waals surface area contributed by atoms with Crippen molar-refractivity contribution in [3.05, 3.63) is 58.7 Å². The maximum atomic E-state index is 6.68. The molecule has 2 fully saturated rings. The van der Waals surface area contributed by atoms with Crippen LogP contribution in [0.15, 0.2) is 36.4 Å². The van der Waals surface area contributed by atoms with Crippen LogP contribution in [0, 0.1) is 5.41 Å². The van der Waals surface area contributed by atoms with Crippen LogP contribution in [0.3, 0.4) is 0 Å². The van der Waals surface area contributed by atoms with Gasteiger partial charge in [0.2, 0.25) is 0 Å². The van der Waals surface area contributed by atoms with E-state index >= 15 is 0 Å². The van der Waals surface area contributed by atoms with E-state index in [4.69, 9.17) is 23.7 Å². The molecule has 1 saturated heterocycles. The van der Waals surface area contributed by atoms with Crippen LogP contribution in [0.2, 0.25) is 0 Å². The molecule has 6 heteroatoms. The summed E-state index contributed by atoms with van der Waals surface area (Å²) in [6.07, 6.45) is 2.41. The maximum Gasteiger partial charge on any atom is 0.189 e. The van der Waals surface area contributed by atoms with E-state index in [2.05, 4.69) is 29.6 Å². The lowest BCUT2D eigenvalue weighted by atomic mass is 9.63. The standard InChI is InChI=1S/C23H25NO5/c1-3-20-17(9-25-13-27-20)5-15(1)22(29-19-7-23(8-19)11-24-12-23)16-2-4-21-18(6-16)10-26-14-28-21/h1-6,19,22,24H,7-14H2. The van der Waals surface area contributed by atoms with E-state index in [1.807, 2.05) is 12.1 Å². The molecule has 1 spiro atoms. The largest absolute Gasteiger partial charge is 0.467 e. The highest BCUT2D eigenvalue weighted by atomic mass is 16.7. The van der Waals surface area contributed by atoms with Gasteiger partial charge in [0.25, 0.3) is 0 Å². The summed E-state index contributed by atoms with van der Waals surface area (Å²) in [6, 6.07) is 12.6. The topological polar surface area (TPSA) is 58.2 Å². The van der Waals surface area contributed by atoms with Gasteiger partial charge in [0, 0.05) is 29.6 Å². The summed E-state index contributed by atoms with van der Waals surface area (Å²) >= 11 is 0. The molecule has 3 aliphatic heterocycles. The molecule has 0 unspecified atom stereocenters. The van der Waals surface area contributed by atoms with Crippen LogP contribution < -0.4 is 14.8 Å². The Kier molecular flexibility index (Phi) is 4.27. The second-order valence-corrected chi connectivity index (χ2v) is 8.61. The third-order valence-electron chi connectivity index (χ3n) is 6.54. The van der Waals surface area contributed by atoms with E-state index in [1.54, 1.807) is 0 Å². The monoisotopic (exact) mass is 395 g/mol. The number of ether oxygens (including phenoxy) is 5. The van der Waals surface area contributed by atoms with Gasteiger partial charge < -0.3 is 29.0 Å². The summed E-state index contributed by atoms with van der Waals surface area (Å²) in [7, 11) is 0. The number of hydrogen-bond acceptors (Lipinski definition) is 6. The smallest absolute Gasteiger partial charge is 0.189 e. The molecule has 0 amide bonds. The number of fused-ring (bicyclic) bond motifs is 2. The Balaban J connectivity index is 1.32. The van der Waals surface area contributed by atoms with Gasteiger partial charge in [-0.05, 0) is 48.2 Å². The van der Waals surface area contributed by atoms with Gasteiger partial charge >= 0.3 is 0 Å². The Morgan fingerprint density at radius 1 is 0.862 bits per heavy atom. The van der Waals surface area contributed by atoms with Crippen molar-refractivity contribution in [1.29, 1.82) is 0 Å². The summed E-state index contributed by atoms with van der Waals surface area (Å²) in [5.41, 5.74) is 4.87. The minimum atomic E-state index is -0.134. The van der Waals surface area contributed by atoms with Gasteiger partial charge in [-0.1, -0.05) is 12.1 Å². The zero-order valence-corrected chi connectivity index (χ0v) is 16.3. The number of hydrogen-bond donors (Lipinski definition) is 1. The second-order valence-electron chi connectivity index (χ2n) is 8.61. The Morgan fingerprint density at radius 3 is 1.97 bits per heavy atom. The van der Waals surface area contributed by atoms with Crippen LogP contribution in [0.4, 0.5) is 0 Å². The fourth-order valence-corrected chi connectivity index (χ4v) is 4.86. The van der Waals surface area contributed by atoms with Crippen molar-refractivity contribution in [1.82, 2.24) is 5.32 Å². The van der Waals surface area contributed by atoms with Crippen LogP contribution >= 0.6 is 0 Å². The zero-order chi connectivity index (χ0) is 19.3. The van der Waals surface area contributed by atoms with Crippen molar-refractivity contribution in [2.24, 2.45) is 5.41 Å². The molecule has 0 bridgehead atoms. The summed E-state index contributed by atoms with van der Waals surface area (Å²) in [6.45, 7) is 4.02. The van der Waals surface area contributed by atoms with Crippen molar-refractivity contribution in [3.63, 3.8) is 0 Å². The third kappa shape index (κ3) is 3.20. The van der Waals surface area contributed by atoms with Crippen molar-refractivity contribution < 1.29 is 23.7 Å². The molecule has 29 heavy (non-hydrogen) atoms. The van der Waals surface area contributed by atoms with Gasteiger partial charge in [0.1, 0.15) is 17.6 Å². The summed E-state index contributed by atoms with van der Waals surface area (Å²) in [5.74, 6) is 1.79. The van der Waals surface area contributed by atoms with E-state index in [1.165, 1.54) is 0 Å². The molecule has 4 aliphatic rings. The van der Waals surface area contributed by atoms with Gasteiger partial charge in [0.15, 0.2) is 13.6 Å². The molecular formula is C23H25NO5. The van der Waals surface area contributed by atoms with Crippen molar-refractivity contribution in [2.75, 3.05) is 26.7 Å². The van der Waals surface area contributed by atoms with E-state index in [0.29, 0.717) is 32.2 Å². The summed E-state index contributed by atoms with van der Waals surface area (Å²) in [4.78, 5) is 0. The summed E-state index contributed by atoms with van der Waals surface area (Å²) < 4.78 is 28.8. The second kappa shape index (κ2) is 6.99. The maximum absolute atomic E-state index is 6.68. The predicted molar refractivity (Wildman–Crippen MR) is 105 cm³/mol. The molecule has 0 aromatic heterocycles. The molecule has 1 aliphatic carbocycles. The van der Waals surface area contributed by atoms with Crippen LogP contribution in [0.25, 0.3) is 0 Å². The molecule has 152 valence electrons.